The van der Waals surface area contributed by atoms with Gasteiger partial charge in [-0.25, -0.2) is 5.06 Å². The molecule has 0 aromatic heterocycles. The third kappa shape index (κ3) is 18.4. The highest BCUT2D eigenvalue weighted by molar-refractivity contribution is 5.98. The summed E-state index contributed by atoms with van der Waals surface area (Å²) in [5, 5.41) is 13.1. The summed E-state index contributed by atoms with van der Waals surface area (Å²) < 4.78 is 6.05. The predicted molar refractivity (Wildman–Crippen MR) is 292 cm³/mol. The lowest BCUT2D eigenvalue weighted by Gasteiger charge is -2.41. The van der Waals surface area contributed by atoms with Crippen molar-refractivity contribution in [2.45, 2.75) is 168 Å². The summed E-state index contributed by atoms with van der Waals surface area (Å²) in [6.45, 7) is 17.8. The molecule has 9 amide bonds. The molecule has 0 saturated carbocycles. The quantitative estimate of drug-likeness (QED) is 0.123. The number of hydrogen-bond acceptors (Lipinski definition) is 15. The van der Waals surface area contributed by atoms with E-state index in [-0.39, 0.29) is 63.9 Å². The number of fused-ring (bicyclic) bond motifs is 5. The minimum atomic E-state index is -1.28. The van der Waals surface area contributed by atoms with Crippen molar-refractivity contribution in [2.24, 2.45) is 22.6 Å². The van der Waals surface area contributed by atoms with Crippen LogP contribution in [0.2, 0.25) is 0 Å². The third-order valence-corrected chi connectivity index (χ3v) is 15.1. The SMILES string of the molecule is CCNCCCCOCC1CNCC(=O)NCC(C)=NCC(=O)N2CC(=O)N(C)C(CC(C)C)C(=O)N(C)C(CC2C)C(=O)N(C)C2C(=O)N(OC2C)C(C(C)CCCCN)C(=O)NC(CC)C(=O)N(C)C(C)C(=O)N1C. The largest absolute Gasteiger partial charge is 0.379 e. The van der Waals surface area contributed by atoms with Gasteiger partial charge in [-0.05, 0) is 104 Å². The smallest absolute Gasteiger partial charge is 0.272 e. The highest BCUT2D eigenvalue weighted by atomic mass is 16.7. The average molecular weight is 1090 g/mol. The molecule has 3 aliphatic rings. The van der Waals surface area contributed by atoms with Gasteiger partial charge in [-0.2, -0.15) is 0 Å². The minimum Gasteiger partial charge on any atom is -0.379 e. The molecule has 0 aromatic carbocycles. The monoisotopic (exact) mass is 1090 g/mol. The lowest BCUT2D eigenvalue weighted by molar-refractivity contribution is -0.195. The van der Waals surface area contributed by atoms with Crippen LogP contribution in [0.5, 0.6) is 0 Å². The third-order valence-electron chi connectivity index (χ3n) is 15.1. The van der Waals surface area contributed by atoms with Crippen molar-refractivity contribution >= 4 is 58.9 Å². The Kier molecular flexibility index (Phi) is 27.4. The molecule has 3 heterocycles. The van der Waals surface area contributed by atoms with Gasteiger partial charge in [-0.15, -0.1) is 0 Å². The Morgan fingerprint density at radius 1 is 0.792 bits per heavy atom. The number of nitrogens with zero attached hydrogens (tertiary/aromatic N) is 8. The van der Waals surface area contributed by atoms with Gasteiger partial charge in [-0.3, -0.25) is 53.0 Å². The van der Waals surface area contributed by atoms with Crippen molar-refractivity contribution in [3.05, 3.63) is 0 Å². The standard InChI is InChI=1S/C53H95N13O11/c1-15-40-50(72)60(10)37(8)49(71)61(11)39(32-76-24-20-19-23-55-16-2)28-56-29-43(67)58-27-35(6)57-30-44(68)65-31-45(69)62(12)41(25-33(3)4)51(73)63(13)42(26-36(65)7)52(74)64(14)47-38(9)77-66(53(47)75)46(48(70)59-40)34(5)21-17-18-22-54/h33-34,36-42,46-47,55-56H,15-32,54H2,1-14H3,(H,58,67)(H,59,70). The summed E-state index contributed by atoms with van der Waals surface area (Å²) >= 11 is 0. The van der Waals surface area contributed by atoms with Gasteiger partial charge in [0.05, 0.1) is 25.7 Å². The van der Waals surface area contributed by atoms with E-state index in [1.807, 2.05) is 20.8 Å². The normalized spacial score (nSPS) is 27.7. The molecule has 77 heavy (non-hydrogen) atoms. The number of unbranched alkanes of at least 4 members (excludes halogenated alkanes) is 2. The van der Waals surface area contributed by atoms with Gasteiger partial charge < -0.3 is 61.1 Å². The Morgan fingerprint density at radius 3 is 2.12 bits per heavy atom. The van der Waals surface area contributed by atoms with Crippen LogP contribution in [0.25, 0.3) is 0 Å². The highest BCUT2D eigenvalue weighted by Crippen LogP contribution is 2.30. The summed E-state index contributed by atoms with van der Waals surface area (Å²) in [7, 11) is 7.49. The molecule has 4 bridgehead atoms. The maximum Gasteiger partial charge on any atom is 0.272 e. The number of ether oxygens (including phenoxy) is 1. The molecule has 2 saturated heterocycles. The molecule has 10 atom stereocenters. The van der Waals surface area contributed by atoms with Crippen LogP contribution < -0.4 is 27.0 Å². The van der Waals surface area contributed by atoms with Gasteiger partial charge in [0.25, 0.3) is 5.91 Å². The molecular weight excluding hydrogens is 995 g/mol. The van der Waals surface area contributed by atoms with Gasteiger partial charge >= 0.3 is 0 Å². The molecule has 6 N–H and O–H groups in total. The number of amides is 9. The fourth-order valence-corrected chi connectivity index (χ4v) is 9.92. The van der Waals surface area contributed by atoms with Crippen molar-refractivity contribution in [1.29, 1.82) is 0 Å². The number of hydroxylamine groups is 2. The Labute approximate surface area is 457 Å². The number of aliphatic imine (C=N–C) groups is 1. The first-order valence-electron chi connectivity index (χ1n) is 27.7. The number of nitrogens with one attached hydrogen (secondary N) is 4. The summed E-state index contributed by atoms with van der Waals surface area (Å²) in [6.07, 6.45) is 2.65. The van der Waals surface area contributed by atoms with E-state index in [4.69, 9.17) is 15.3 Å². The number of hydrogen-bond donors (Lipinski definition) is 5. The second-order valence-electron chi connectivity index (χ2n) is 21.6. The van der Waals surface area contributed by atoms with Crippen LogP contribution in [-0.4, -0.2) is 249 Å². The van der Waals surface area contributed by atoms with Gasteiger partial charge in [-0.1, -0.05) is 41.0 Å². The van der Waals surface area contributed by atoms with Crippen LogP contribution in [0, 0.1) is 11.8 Å². The van der Waals surface area contributed by atoms with Crippen molar-refractivity contribution < 1.29 is 52.7 Å². The van der Waals surface area contributed by atoms with Crippen LogP contribution in [0.4, 0.5) is 0 Å². The summed E-state index contributed by atoms with van der Waals surface area (Å²) in [5.74, 6) is -5.47. The maximum atomic E-state index is 15.1. The van der Waals surface area contributed by atoms with Crippen LogP contribution in [0.1, 0.15) is 114 Å². The number of nitrogens with two attached hydrogens (primary N) is 1. The second-order valence-corrected chi connectivity index (χ2v) is 21.6. The van der Waals surface area contributed by atoms with Crippen LogP contribution in [-0.2, 0) is 52.7 Å². The first kappa shape index (κ1) is 66.0. The van der Waals surface area contributed by atoms with Crippen LogP contribution >= 0.6 is 0 Å². The topological polar surface area (TPSA) is 281 Å². The first-order chi connectivity index (χ1) is 36.3. The van der Waals surface area contributed by atoms with E-state index >= 15 is 4.79 Å². The average Bonchev–Trinajstić information content (AvgIpc) is 3.69. The summed E-state index contributed by atoms with van der Waals surface area (Å²) in [5.41, 5.74) is 6.26. The Balaban J connectivity index is 2.16. The molecule has 3 aliphatic heterocycles. The molecule has 0 spiro atoms. The van der Waals surface area contributed by atoms with Crippen molar-refractivity contribution in [2.75, 3.05) is 101 Å². The highest BCUT2D eigenvalue weighted by Gasteiger charge is 2.51. The van der Waals surface area contributed by atoms with Crippen molar-refractivity contribution in [3.63, 3.8) is 0 Å². The summed E-state index contributed by atoms with van der Waals surface area (Å²) in [6, 6.07) is -8.31. The first-order valence-corrected chi connectivity index (χ1v) is 27.7. The van der Waals surface area contributed by atoms with Crippen LogP contribution in [0.3, 0.4) is 0 Å². The van der Waals surface area contributed by atoms with E-state index in [1.54, 1.807) is 48.6 Å². The zero-order valence-corrected chi connectivity index (χ0v) is 48.7. The molecule has 0 aromatic rings. The van der Waals surface area contributed by atoms with Crippen molar-refractivity contribution in [1.82, 2.24) is 55.7 Å². The van der Waals surface area contributed by atoms with E-state index in [9.17, 15) is 38.4 Å². The van der Waals surface area contributed by atoms with E-state index < -0.39 is 114 Å². The molecule has 438 valence electrons. The van der Waals surface area contributed by atoms with E-state index in [0.29, 0.717) is 38.1 Å². The Morgan fingerprint density at radius 2 is 1.48 bits per heavy atom. The number of carbonyl (C=O) groups excluding carboxylic acids is 9. The lowest BCUT2D eigenvalue weighted by atomic mass is 9.93. The van der Waals surface area contributed by atoms with E-state index in [1.165, 1.54) is 57.6 Å². The zero-order chi connectivity index (χ0) is 57.8. The van der Waals surface area contributed by atoms with Gasteiger partial charge in [0.15, 0.2) is 0 Å². The number of rotatable bonds is 16. The molecule has 24 heteroatoms. The molecule has 3 rings (SSSR count). The van der Waals surface area contributed by atoms with E-state index in [0.717, 1.165) is 31.0 Å². The van der Waals surface area contributed by atoms with Crippen molar-refractivity contribution in [3.8, 4) is 0 Å². The van der Waals surface area contributed by atoms with Gasteiger partial charge in [0.1, 0.15) is 55.4 Å². The fourth-order valence-electron chi connectivity index (χ4n) is 9.92. The molecule has 0 aliphatic carbocycles. The van der Waals surface area contributed by atoms with E-state index in [2.05, 4.69) is 26.3 Å². The predicted octanol–water partition coefficient (Wildman–Crippen LogP) is -0.414. The molecule has 0 radical (unpaired) electrons. The van der Waals surface area contributed by atoms with Gasteiger partial charge in [0.2, 0.25) is 47.3 Å². The minimum absolute atomic E-state index is 0.0000144. The van der Waals surface area contributed by atoms with Gasteiger partial charge in [0, 0.05) is 60.1 Å². The zero-order valence-electron chi connectivity index (χ0n) is 48.7. The molecular formula is C53H95N13O11. The number of carbonyl (C=O) groups is 9. The molecule has 10 unspecified atom stereocenters. The Hall–Kier alpha value is -5.30. The number of likely N-dealkylation sites (N-methyl/N-ethyl adjacent to an activating group) is 5. The second kappa shape index (κ2) is 31.9. The van der Waals surface area contributed by atoms with Crippen LogP contribution in [0.15, 0.2) is 4.99 Å². The lowest BCUT2D eigenvalue weighted by Crippen LogP contribution is -2.61. The molecule has 24 nitrogen and oxygen atoms in total. The maximum absolute atomic E-state index is 15.1. The fraction of sp³-hybridized carbons (Fsp3) is 0.811. The Bertz CT molecular complexity index is 2050. The molecule has 2 fully saturated rings. The summed E-state index contributed by atoms with van der Waals surface area (Å²) in [4.78, 5) is 148.